The van der Waals surface area contributed by atoms with Crippen molar-refractivity contribution in [3.8, 4) is 0 Å². The van der Waals surface area contributed by atoms with E-state index in [-0.39, 0.29) is 0 Å². The SMILES string of the molecule is C1CCN=C(NC2CCOC2C2CC2)CC1. The summed E-state index contributed by atoms with van der Waals surface area (Å²) in [6.07, 6.45) is 9.43. The largest absolute Gasteiger partial charge is 0.376 e. The number of hydrogen-bond donors (Lipinski definition) is 1. The van der Waals surface area contributed by atoms with Gasteiger partial charge in [-0.25, -0.2) is 0 Å². The average Bonchev–Trinajstić information content (AvgIpc) is 3.07. The van der Waals surface area contributed by atoms with Crippen LogP contribution in [0.15, 0.2) is 4.99 Å². The Bertz CT molecular complexity index is 273. The van der Waals surface area contributed by atoms with Gasteiger partial charge in [-0.3, -0.25) is 4.99 Å². The van der Waals surface area contributed by atoms with Crippen molar-refractivity contribution in [2.45, 2.75) is 57.1 Å². The Kier molecular flexibility index (Phi) is 3.13. The summed E-state index contributed by atoms with van der Waals surface area (Å²) in [6.45, 7) is 1.95. The first-order valence-corrected chi connectivity index (χ1v) is 6.85. The first-order chi connectivity index (χ1) is 7.93. The standard InChI is InChI=1S/C13H22N2O/c1-2-4-12(14-8-3-1)15-11-7-9-16-13(11)10-5-6-10/h10-11,13H,1-9H2,(H,14,15). The third-order valence-corrected chi connectivity index (χ3v) is 3.95. The highest BCUT2D eigenvalue weighted by atomic mass is 16.5. The highest BCUT2D eigenvalue weighted by Gasteiger charge is 2.40. The number of rotatable bonds is 2. The molecule has 0 aromatic heterocycles. The zero-order chi connectivity index (χ0) is 10.8. The molecule has 1 saturated carbocycles. The van der Waals surface area contributed by atoms with E-state index in [2.05, 4.69) is 10.3 Å². The van der Waals surface area contributed by atoms with Gasteiger partial charge in [0.15, 0.2) is 0 Å². The summed E-state index contributed by atoms with van der Waals surface area (Å²) in [6, 6.07) is 0.546. The number of hydrogen-bond acceptors (Lipinski definition) is 3. The minimum absolute atomic E-state index is 0.478. The van der Waals surface area contributed by atoms with E-state index in [0.29, 0.717) is 12.1 Å². The fourth-order valence-electron chi connectivity index (χ4n) is 2.86. The second-order valence-electron chi connectivity index (χ2n) is 5.35. The lowest BCUT2D eigenvalue weighted by atomic mass is 10.1. The Hall–Kier alpha value is -0.570. The van der Waals surface area contributed by atoms with Crippen molar-refractivity contribution >= 4 is 5.84 Å². The second-order valence-corrected chi connectivity index (χ2v) is 5.35. The van der Waals surface area contributed by atoms with Gasteiger partial charge in [-0.15, -0.1) is 0 Å². The molecule has 1 saturated heterocycles. The maximum absolute atomic E-state index is 5.84. The first kappa shape index (κ1) is 10.6. The van der Waals surface area contributed by atoms with E-state index in [1.54, 1.807) is 0 Å². The van der Waals surface area contributed by atoms with Crippen LogP contribution in [-0.4, -0.2) is 31.1 Å². The van der Waals surface area contributed by atoms with Gasteiger partial charge < -0.3 is 10.1 Å². The van der Waals surface area contributed by atoms with Crippen molar-refractivity contribution in [3.05, 3.63) is 0 Å². The van der Waals surface area contributed by atoms with Crippen LogP contribution in [0.3, 0.4) is 0 Å². The lowest BCUT2D eigenvalue weighted by Crippen LogP contribution is -2.41. The van der Waals surface area contributed by atoms with E-state index in [1.165, 1.54) is 44.4 Å². The summed E-state index contributed by atoms with van der Waals surface area (Å²) < 4.78 is 5.84. The molecule has 0 amide bonds. The predicted molar refractivity (Wildman–Crippen MR) is 64.8 cm³/mol. The summed E-state index contributed by atoms with van der Waals surface area (Å²) >= 11 is 0. The highest BCUT2D eigenvalue weighted by molar-refractivity contribution is 5.82. The average molecular weight is 222 g/mol. The van der Waals surface area contributed by atoms with Crippen LogP contribution in [0.1, 0.15) is 44.9 Å². The third kappa shape index (κ3) is 2.40. The Morgan fingerprint density at radius 2 is 2.06 bits per heavy atom. The van der Waals surface area contributed by atoms with Gasteiger partial charge in [-0.1, -0.05) is 6.42 Å². The summed E-state index contributed by atoms with van der Waals surface area (Å²) in [5.41, 5.74) is 0. The van der Waals surface area contributed by atoms with Gasteiger partial charge in [0.05, 0.1) is 18.0 Å². The van der Waals surface area contributed by atoms with Crippen molar-refractivity contribution in [1.29, 1.82) is 0 Å². The quantitative estimate of drug-likeness (QED) is 0.776. The van der Waals surface area contributed by atoms with E-state index in [0.717, 1.165) is 25.5 Å². The number of nitrogens with zero attached hydrogens (tertiary/aromatic N) is 1. The van der Waals surface area contributed by atoms with E-state index in [4.69, 9.17) is 4.74 Å². The Balaban J connectivity index is 1.57. The molecule has 0 aromatic rings. The van der Waals surface area contributed by atoms with Gasteiger partial charge >= 0.3 is 0 Å². The first-order valence-electron chi connectivity index (χ1n) is 6.85. The second kappa shape index (κ2) is 4.74. The summed E-state index contributed by atoms with van der Waals surface area (Å²) in [7, 11) is 0. The van der Waals surface area contributed by atoms with Crippen molar-refractivity contribution in [2.24, 2.45) is 10.9 Å². The number of amidine groups is 1. The monoisotopic (exact) mass is 222 g/mol. The number of nitrogens with one attached hydrogen (secondary N) is 1. The van der Waals surface area contributed by atoms with Crippen LogP contribution in [0.25, 0.3) is 0 Å². The molecule has 3 heteroatoms. The molecule has 0 aromatic carbocycles. The zero-order valence-corrected chi connectivity index (χ0v) is 9.95. The molecule has 3 nitrogen and oxygen atoms in total. The molecule has 2 fully saturated rings. The molecule has 3 aliphatic rings. The van der Waals surface area contributed by atoms with E-state index < -0.39 is 0 Å². The summed E-state index contributed by atoms with van der Waals surface area (Å²) in [4.78, 5) is 4.65. The van der Waals surface area contributed by atoms with Crippen molar-refractivity contribution < 1.29 is 4.74 Å². The van der Waals surface area contributed by atoms with Crippen molar-refractivity contribution in [2.75, 3.05) is 13.2 Å². The van der Waals surface area contributed by atoms with E-state index >= 15 is 0 Å². The Morgan fingerprint density at radius 1 is 1.12 bits per heavy atom. The molecule has 1 N–H and O–H groups in total. The van der Waals surface area contributed by atoms with Gasteiger partial charge in [0.25, 0.3) is 0 Å². The van der Waals surface area contributed by atoms with Crippen LogP contribution in [0.4, 0.5) is 0 Å². The molecule has 0 radical (unpaired) electrons. The maximum atomic E-state index is 5.84. The summed E-state index contributed by atoms with van der Waals surface area (Å²) in [5.74, 6) is 2.09. The van der Waals surface area contributed by atoms with Crippen LogP contribution < -0.4 is 5.32 Å². The van der Waals surface area contributed by atoms with Crippen LogP contribution in [0.5, 0.6) is 0 Å². The zero-order valence-electron chi connectivity index (χ0n) is 9.95. The molecule has 3 rings (SSSR count). The molecule has 2 atom stereocenters. The molecular weight excluding hydrogens is 200 g/mol. The minimum atomic E-state index is 0.478. The molecule has 1 aliphatic carbocycles. The van der Waals surface area contributed by atoms with Crippen LogP contribution >= 0.6 is 0 Å². The van der Waals surface area contributed by atoms with Crippen LogP contribution in [-0.2, 0) is 4.74 Å². The van der Waals surface area contributed by atoms with Gasteiger partial charge in [0.1, 0.15) is 0 Å². The smallest absolute Gasteiger partial charge is 0.0966 e. The molecule has 0 spiro atoms. The molecule has 2 heterocycles. The molecule has 2 unspecified atom stereocenters. The van der Waals surface area contributed by atoms with Gasteiger partial charge in [0.2, 0.25) is 0 Å². The molecule has 16 heavy (non-hydrogen) atoms. The number of ether oxygens (including phenoxy) is 1. The fraction of sp³-hybridized carbons (Fsp3) is 0.923. The Labute approximate surface area is 97.7 Å². The van der Waals surface area contributed by atoms with Crippen molar-refractivity contribution in [3.63, 3.8) is 0 Å². The van der Waals surface area contributed by atoms with E-state index in [9.17, 15) is 0 Å². The van der Waals surface area contributed by atoms with Gasteiger partial charge in [0, 0.05) is 19.6 Å². The van der Waals surface area contributed by atoms with Crippen LogP contribution in [0.2, 0.25) is 0 Å². The normalized spacial score (nSPS) is 35.6. The maximum Gasteiger partial charge on any atom is 0.0966 e. The third-order valence-electron chi connectivity index (χ3n) is 3.95. The summed E-state index contributed by atoms with van der Waals surface area (Å²) in [5, 5.41) is 3.65. The van der Waals surface area contributed by atoms with Crippen LogP contribution in [0, 0.1) is 5.92 Å². The van der Waals surface area contributed by atoms with Crippen molar-refractivity contribution in [1.82, 2.24) is 5.32 Å². The lowest BCUT2D eigenvalue weighted by molar-refractivity contribution is 0.0842. The molecule has 0 bridgehead atoms. The van der Waals surface area contributed by atoms with Gasteiger partial charge in [-0.2, -0.15) is 0 Å². The lowest BCUT2D eigenvalue weighted by Gasteiger charge is -2.21. The fourth-order valence-corrected chi connectivity index (χ4v) is 2.86. The number of aliphatic imine (C=N–C) groups is 1. The topological polar surface area (TPSA) is 33.6 Å². The molecule has 90 valence electrons. The van der Waals surface area contributed by atoms with Gasteiger partial charge in [-0.05, 0) is 38.0 Å². The molecule has 2 aliphatic heterocycles. The molecular formula is C13H22N2O. The van der Waals surface area contributed by atoms with E-state index in [1.807, 2.05) is 0 Å². The minimum Gasteiger partial charge on any atom is -0.376 e. The predicted octanol–water partition coefficient (Wildman–Crippen LogP) is 2.12. The Morgan fingerprint density at radius 3 is 2.94 bits per heavy atom. The highest BCUT2D eigenvalue weighted by Crippen LogP contribution is 2.38.